The highest BCUT2D eigenvalue weighted by Crippen LogP contribution is 2.24. The Hall–Kier alpha value is -1.07. The summed E-state index contributed by atoms with van der Waals surface area (Å²) in [6.45, 7) is 7.88. The SMILES string of the molecule is C[C@@H](NC1CCC(NC(=O)OC(C)(C)C)CC1)c1cccs1. The molecule has 0 bridgehead atoms. The number of thiophene rings is 1. The van der Waals surface area contributed by atoms with Crippen molar-refractivity contribution in [1.82, 2.24) is 10.6 Å². The third-order valence-electron chi connectivity index (χ3n) is 3.90. The molecular weight excluding hydrogens is 296 g/mol. The molecule has 1 aliphatic carbocycles. The van der Waals surface area contributed by atoms with Gasteiger partial charge in [-0.05, 0) is 64.8 Å². The van der Waals surface area contributed by atoms with Gasteiger partial charge < -0.3 is 15.4 Å². The molecule has 124 valence electrons. The molecule has 1 saturated carbocycles. The molecule has 1 aliphatic rings. The molecule has 2 N–H and O–H groups in total. The van der Waals surface area contributed by atoms with Crippen LogP contribution in [-0.2, 0) is 4.74 Å². The van der Waals surface area contributed by atoms with Crippen LogP contribution in [0.15, 0.2) is 17.5 Å². The third-order valence-corrected chi connectivity index (χ3v) is 4.96. The van der Waals surface area contributed by atoms with Crippen LogP contribution < -0.4 is 10.6 Å². The average molecular weight is 324 g/mol. The van der Waals surface area contributed by atoms with Crippen LogP contribution in [0.5, 0.6) is 0 Å². The Balaban J connectivity index is 1.70. The summed E-state index contributed by atoms with van der Waals surface area (Å²) in [6.07, 6.45) is 3.91. The molecule has 1 amide bonds. The van der Waals surface area contributed by atoms with Crippen molar-refractivity contribution in [3.63, 3.8) is 0 Å². The number of rotatable bonds is 4. The number of hydrogen-bond donors (Lipinski definition) is 2. The fourth-order valence-electron chi connectivity index (χ4n) is 2.85. The van der Waals surface area contributed by atoms with Crippen LogP contribution in [0, 0.1) is 0 Å². The van der Waals surface area contributed by atoms with Gasteiger partial charge in [0.05, 0.1) is 0 Å². The zero-order valence-electron chi connectivity index (χ0n) is 14.0. The maximum atomic E-state index is 11.8. The molecule has 0 radical (unpaired) electrons. The van der Waals surface area contributed by atoms with E-state index in [1.54, 1.807) is 11.3 Å². The van der Waals surface area contributed by atoms with Crippen molar-refractivity contribution >= 4 is 17.4 Å². The van der Waals surface area contributed by atoms with Crippen molar-refractivity contribution in [3.8, 4) is 0 Å². The second-order valence-corrected chi connectivity index (χ2v) is 8.08. The minimum Gasteiger partial charge on any atom is -0.444 e. The summed E-state index contributed by atoms with van der Waals surface area (Å²) in [4.78, 5) is 13.2. The minimum atomic E-state index is -0.432. The maximum Gasteiger partial charge on any atom is 0.407 e. The second kappa shape index (κ2) is 7.47. The van der Waals surface area contributed by atoms with Crippen LogP contribution in [0.1, 0.15) is 64.3 Å². The number of alkyl carbamates (subject to hydrolysis) is 1. The standard InChI is InChI=1S/C17H28N2O2S/c1-12(15-6-5-11-22-15)18-13-7-9-14(10-8-13)19-16(20)21-17(2,3)4/h5-6,11-14,18H,7-10H2,1-4H3,(H,19,20)/t12-,13?,14?/m1/s1. The molecule has 0 spiro atoms. The van der Waals surface area contributed by atoms with E-state index in [4.69, 9.17) is 4.74 Å². The van der Waals surface area contributed by atoms with Crippen molar-refractivity contribution in [2.75, 3.05) is 0 Å². The Morgan fingerprint density at radius 2 is 1.91 bits per heavy atom. The Morgan fingerprint density at radius 3 is 2.45 bits per heavy atom. The summed E-state index contributed by atoms with van der Waals surface area (Å²) in [5, 5.41) is 8.81. The highest BCUT2D eigenvalue weighted by molar-refractivity contribution is 7.10. The molecule has 1 fully saturated rings. The lowest BCUT2D eigenvalue weighted by molar-refractivity contribution is 0.0489. The number of carbonyl (C=O) groups excluding carboxylic acids is 1. The molecule has 4 nitrogen and oxygen atoms in total. The molecule has 1 heterocycles. The molecule has 22 heavy (non-hydrogen) atoms. The highest BCUT2D eigenvalue weighted by Gasteiger charge is 2.25. The van der Waals surface area contributed by atoms with Crippen molar-refractivity contribution < 1.29 is 9.53 Å². The van der Waals surface area contributed by atoms with Gasteiger partial charge in [0.2, 0.25) is 0 Å². The van der Waals surface area contributed by atoms with Gasteiger partial charge in [-0.2, -0.15) is 0 Å². The fourth-order valence-corrected chi connectivity index (χ4v) is 3.60. The van der Waals surface area contributed by atoms with E-state index >= 15 is 0 Å². The van der Waals surface area contributed by atoms with Crippen molar-refractivity contribution in [3.05, 3.63) is 22.4 Å². The average Bonchev–Trinajstić information content (AvgIpc) is 2.92. The summed E-state index contributed by atoms with van der Waals surface area (Å²) in [7, 11) is 0. The molecule has 0 unspecified atom stereocenters. The largest absolute Gasteiger partial charge is 0.444 e. The monoisotopic (exact) mass is 324 g/mol. The highest BCUT2D eigenvalue weighted by atomic mass is 32.1. The molecule has 0 aromatic carbocycles. The van der Waals surface area contributed by atoms with Gasteiger partial charge in [-0.15, -0.1) is 11.3 Å². The van der Waals surface area contributed by atoms with Gasteiger partial charge >= 0.3 is 6.09 Å². The van der Waals surface area contributed by atoms with E-state index in [0.717, 1.165) is 25.7 Å². The maximum absolute atomic E-state index is 11.8. The number of hydrogen-bond acceptors (Lipinski definition) is 4. The number of amides is 1. The summed E-state index contributed by atoms with van der Waals surface area (Å²) >= 11 is 1.80. The van der Waals surface area contributed by atoms with E-state index in [1.807, 2.05) is 20.8 Å². The normalized spacial score (nSPS) is 23.8. The summed E-state index contributed by atoms with van der Waals surface area (Å²) < 4.78 is 5.32. The van der Waals surface area contributed by atoms with Crippen molar-refractivity contribution in [2.24, 2.45) is 0 Å². The van der Waals surface area contributed by atoms with Crippen molar-refractivity contribution in [2.45, 2.75) is 77.1 Å². The van der Waals surface area contributed by atoms with E-state index in [9.17, 15) is 4.79 Å². The molecule has 0 saturated heterocycles. The summed E-state index contributed by atoms with van der Waals surface area (Å²) in [6, 6.07) is 5.46. The van der Waals surface area contributed by atoms with Crippen LogP contribution in [0.25, 0.3) is 0 Å². The predicted octanol–water partition coefficient (Wildman–Crippen LogP) is 4.23. The van der Waals surface area contributed by atoms with Gasteiger partial charge in [-0.25, -0.2) is 4.79 Å². The van der Waals surface area contributed by atoms with Gasteiger partial charge in [-0.3, -0.25) is 0 Å². The first-order chi connectivity index (χ1) is 10.3. The Kier molecular flexibility index (Phi) is 5.87. The summed E-state index contributed by atoms with van der Waals surface area (Å²) in [5.74, 6) is 0. The van der Waals surface area contributed by atoms with Crippen LogP contribution in [0.3, 0.4) is 0 Å². The van der Waals surface area contributed by atoms with E-state index in [0.29, 0.717) is 12.1 Å². The van der Waals surface area contributed by atoms with Crippen LogP contribution in [0.4, 0.5) is 4.79 Å². The first-order valence-electron chi connectivity index (χ1n) is 8.12. The van der Waals surface area contributed by atoms with Gasteiger partial charge in [0, 0.05) is 23.0 Å². The van der Waals surface area contributed by atoms with Gasteiger partial charge in [0.15, 0.2) is 0 Å². The minimum absolute atomic E-state index is 0.241. The molecular formula is C17H28N2O2S. The van der Waals surface area contributed by atoms with Crippen LogP contribution in [-0.4, -0.2) is 23.8 Å². The number of nitrogens with one attached hydrogen (secondary N) is 2. The Morgan fingerprint density at radius 1 is 1.27 bits per heavy atom. The van der Waals surface area contributed by atoms with E-state index in [1.165, 1.54) is 4.88 Å². The first kappa shape index (κ1) is 17.3. The van der Waals surface area contributed by atoms with Crippen LogP contribution >= 0.6 is 11.3 Å². The molecule has 1 atom stereocenters. The second-order valence-electron chi connectivity index (χ2n) is 7.10. The Labute approximate surface area is 137 Å². The molecule has 1 aromatic heterocycles. The lowest BCUT2D eigenvalue weighted by Gasteiger charge is -2.32. The molecule has 5 heteroatoms. The van der Waals surface area contributed by atoms with E-state index < -0.39 is 5.60 Å². The Bertz CT molecular complexity index is 460. The third kappa shape index (κ3) is 5.61. The molecule has 2 rings (SSSR count). The number of carbonyl (C=O) groups is 1. The molecule has 1 aromatic rings. The predicted molar refractivity (Wildman–Crippen MR) is 91.3 cm³/mol. The zero-order chi connectivity index (χ0) is 16.2. The number of ether oxygens (including phenoxy) is 1. The topological polar surface area (TPSA) is 50.4 Å². The lowest BCUT2D eigenvalue weighted by atomic mass is 9.91. The van der Waals surface area contributed by atoms with E-state index in [2.05, 4.69) is 35.1 Å². The lowest BCUT2D eigenvalue weighted by Crippen LogP contribution is -2.44. The van der Waals surface area contributed by atoms with Gasteiger partial charge in [0.25, 0.3) is 0 Å². The summed E-state index contributed by atoms with van der Waals surface area (Å²) in [5.41, 5.74) is -0.432. The first-order valence-corrected chi connectivity index (χ1v) is 9.00. The quantitative estimate of drug-likeness (QED) is 0.871. The molecule has 0 aliphatic heterocycles. The van der Waals surface area contributed by atoms with Gasteiger partial charge in [-0.1, -0.05) is 6.07 Å². The van der Waals surface area contributed by atoms with Gasteiger partial charge in [0.1, 0.15) is 5.60 Å². The van der Waals surface area contributed by atoms with Crippen LogP contribution in [0.2, 0.25) is 0 Å². The smallest absolute Gasteiger partial charge is 0.407 e. The fraction of sp³-hybridized carbons (Fsp3) is 0.706. The van der Waals surface area contributed by atoms with E-state index in [-0.39, 0.29) is 12.1 Å². The van der Waals surface area contributed by atoms with Crippen molar-refractivity contribution in [1.29, 1.82) is 0 Å². The zero-order valence-corrected chi connectivity index (χ0v) is 14.8.